The Balaban J connectivity index is 0.000000109. The summed E-state index contributed by atoms with van der Waals surface area (Å²) < 4.78 is 3.86. The lowest BCUT2D eigenvalue weighted by Crippen LogP contribution is -1.91. The maximum Gasteiger partial charge on any atom is 0.277 e. The minimum absolute atomic E-state index is 0.147. The quantitative estimate of drug-likeness (QED) is 0.137. The van der Waals surface area contributed by atoms with Crippen molar-refractivity contribution in [3.8, 4) is 11.1 Å². The van der Waals surface area contributed by atoms with Gasteiger partial charge >= 0.3 is 0 Å². The van der Waals surface area contributed by atoms with Gasteiger partial charge in [0.2, 0.25) is 0 Å². The normalized spacial score (nSPS) is 11.0. The van der Waals surface area contributed by atoms with Crippen molar-refractivity contribution in [2.45, 2.75) is 13.8 Å². The highest BCUT2D eigenvalue weighted by Gasteiger charge is 2.14. The molecule has 0 aliphatic heterocycles. The average Bonchev–Trinajstić information content (AvgIpc) is 4.04. The van der Waals surface area contributed by atoms with Gasteiger partial charge in [-0.2, -0.15) is 0 Å². The Hall–Kier alpha value is -5.80. The molecule has 0 aliphatic rings. The Labute approximate surface area is 311 Å². The number of para-hydroxylation sites is 3. The minimum Gasteiger partial charge on any atom is -0.354 e. The zero-order chi connectivity index (χ0) is 35.6. The number of nitrogens with one attached hydrogen (secondary N) is 2. The number of benzene rings is 6. The Morgan fingerprint density at radius 2 is 1.13 bits per heavy atom. The molecule has 11 rings (SSSR count). The molecule has 0 unspecified atom stereocenters. The van der Waals surface area contributed by atoms with Gasteiger partial charge in [-0.1, -0.05) is 86.6 Å². The van der Waals surface area contributed by atoms with Crippen LogP contribution in [0.1, 0.15) is 13.8 Å². The molecule has 5 nitrogen and oxygen atoms in total. The Kier molecular flexibility index (Phi) is 9.26. The molecule has 2 N–H and O–H groups in total. The van der Waals surface area contributed by atoms with E-state index in [4.69, 9.17) is 0 Å². The van der Waals surface area contributed by atoms with E-state index in [1.807, 2.05) is 49.6 Å². The fourth-order valence-corrected chi connectivity index (χ4v) is 9.19. The highest BCUT2D eigenvalue weighted by Crippen LogP contribution is 2.35. The first-order valence-electron chi connectivity index (χ1n) is 17.1. The van der Waals surface area contributed by atoms with E-state index in [1.165, 1.54) is 75.2 Å². The van der Waals surface area contributed by atoms with Crippen LogP contribution in [0.25, 0.3) is 85.0 Å². The van der Waals surface area contributed by atoms with Gasteiger partial charge in [-0.3, -0.25) is 10.1 Å². The van der Waals surface area contributed by atoms with E-state index < -0.39 is 0 Å². The van der Waals surface area contributed by atoms with Gasteiger partial charge in [0.05, 0.1) is 20.7 Å². The van der Waals surface area contributed by atoms with E-state index in [0.29, 0.717) is 5.56 Å². The largest absolute Gasteiger partial charge is 0.354 e. The Morgan fingerprint density at radius 1 is 0.519 bits per heavy atom. The third kappa shape index (κ3) is 6.22. The first-order valence-corrected chi connectivity index (χ1v) is 19.7. The molecule has 0 saturated heterocycles. The standard InChI is InChI=1S/C14H9NO2S.2C14H9NS.C2H6/c16-15(17)13-4-2-1-3-12(13)11-6-5-10-7-8-18-14(10)9-11;1-2-4-12-10(3-1)11-8-14-9(5-6-16-14)7-13(11)15-12;1-2-4-12-10(3-1)11-6-5-9-7-8-16-14(9)13(11)15-12;1-2/h1-9H;2*1-8,15H;1-2H3. The zero-order valence-electron chi connectivity index (χ0n) is 28.4. The van der Waals surface area contributed by atoms with Crippen LogP contribution >= 0.6 is 34.0 Å². The van der Waals surface area contributed by atoms with Gasteiger partial charge in [0.25, 0.3) is 5.69 Å². The highest BCUT2D eigenvalue weighted by atomic mass is 32.1. The molecule has 0 fully saturated rings. The van der Waals surface area contributed by atoms with Crippen LogP contribution in [0.3, 0.4) is 0 Å². The Morgan fingerprint density at radius 3 is 1.92 bits per heavy atom. The highest BCUT2D eigenvalue weighted by molar-refractivity contribution is 7.18. The summed E-state index contributed by atoms with van der Waals surface area (Å²) in [7, 11) is 0. The molecule has 0 radical (unpaired) electrons. The number of hydrogen-bond donors (Lipinski definition) is 2. The van der Waals surface area contributed by atoms with Crippen LogP contribution in [0, 0.1) is 10.1 Å². The van der Waals surface area contributed by atoms with Crippen LogP contribution in [0.15, 0.2) is 150 Å². The second-order valence-corrected chi connectivity index (χ2v) is 14.8. The van der Waals surface area contributed by atoms with E-state index >= 15 is 0 Å². The summed E-state index contributed by atoms with van der Waals surface area (Å²) in [6.07, 6.45) is 0. The zero-order valence-corrected chi connectivity index (χ0v) is 30.9. The van der Waals surface area contributed by atoms with E-state index in [9.17, 15) is 10.1 Å². The second kappa shape index (κ2) is 14.4. The molecule has 254 valence electrons. The summed E-state index contributed by atoms with van der Waals surface area (Å²) >= 11 is 5.24. The smallest absolute Gasteiger partial charge is 0.277 e. The molecule has 5 aromatic heterocycles. The molecular weight excluding hydrogens is 699 g/mol. The third-order valence-electron chi connectivity index (χ3n) is 9.05. The maximum absolute atomic E-state index is 11.0. The maximum atomic E-state index is 11.0. The number of H-pyrrole nitrogens is 2. The monoisotopic (exact) mass is 731 g/mol. The average molecular weight is 732 g/mol. The second-order valence-electron chi connectivity index (χ2n) is 12.0. The number of rotatable bonds is 2. The molecule has 52 heavy (non-hydrogen) atoms. The van der Waals surface area contributed by atoms with E-state index in [0.717, 1.165) is 10.3 Å². The first-order chi connectivity index (χ1) is 25.6. The summed E-state index contributed by atoms with van der Waals surface area (Å²) in [4.78, 5) is 17.7. The number of aromatic amines is 2. The minimum atomic E-state index is -0.339. The first kappa shape index (κ1) is 33.3. The molecule has 8 heteroatoms. The lowest BCUT2D eigenvalue weighted by molar-refractivity contribution is -0.384. The molecule has 5 heterocycles. The molecule has 0 saturated carbocycles. The molecule has 0 bridgehead atoms. The van der Waals surface area contributed by atoms with Crippen molar-refractivity contribution in [2.24, 2.45) is 0 Å². The summed E-state index contributed by atoms with van der Waals surface area (Å²) in [5, 5.41) is 26.4. The molecule has 6 aromatic carbocycles. The van der Waals surface area contributed by atoms with E-state index in [2.05, 4.69) is 106 Å². The van der Waals surface area contributed by atoms with Crippen molar-refractivity contribution >= 4 is 114 Å². The van der Waals surface area contributed by atoms with Crippen LogP contribution in [0.5, 0.6) is 0 Å². The predicted octanol–water partition coefficient (Wildman–Crippen LogP) is 14.6. The fourth-order valence-electron chi connectivity index (χ4n) is 6.65. The van der Waals surface area contributed by atoms with Crippen LogP contribution in [-0.2, 0) is 0 Å². The molecule has 11 aromatic rings. The molecular formula is C44H33N3O2S3. The van der Waals surface area contributed by atoms with Gasteiger partial charge in [0.15, 0.2) is 0 Å². The van der Waals surface area contributed by atoms with E-state index in [1.54, 1.807) is 46.1 Å². The summed E-state index contributed by atoms with van der Waals surface area (Å²) in [6.45, 7) is 4.00. The summed E-state index contributed by atoms with van der Waals surface area (Å²) in [6, 6.07) is 45.0. The number of nitro benzene ring substituents is 1. The van der Waals surface area contributed by atoms with Crippen LogP contribution in [0.4, 0.5) is 5.69 Å². The van der Waals surface area contributed by atoms with Gasteiger partial charge in [0, 0.05) is 53.6 Å². The van der Waals surface area contributed by atoms with Crippen molar-refractivity contribution < 1.29 is 4.92 Å². The van der Waals surface area contributed by atoms with Crippen LogP contribution in [-0.4, -0.2) is 14.9 Å². The van der Waals surface area contributed by atoms with Crippen molar-refractivity contribution in [1.29, 1.82) is 0 Å². The fraction of sp³-hybridized carbons (Fsp3) is 0.0455. The third-order valence-corrected chi connectivity index (χ3v) is 11.8. The summed E-state index contributed by atoms with van der Waals surface area (Å²) in [5.74, 6) is 0. The lowest BCUT2D eigenvalue weighted by Gasteiger charge is -2.03. The number of nitro groups is 1. The van der Waals surface area contributed by atoms with Crippen molar-refractivity contribution in [2.75, 3.05) is 0 Å². The lowest BCUT2D eigenvalue weighted by atomic mass is 10.0. The van der Waals surface area contributed by atoms with Gasteiger partial charge in [-0.25, -0.2) is 0 Å². The van der Waals surface area contributed by atoms with Crippen molar-refractivity contribution in [3.63, 3.8) is 0 Å². The number of aromatic nitrogens is 2. The van der Waals surface area contributed by atoms with Crippen LogP contribution < -0.4 is 0 Å². The van der Waals surface area contributed by atoms with Crippen molar-refractivity contribution in [1.82, 2.24) is 9.97 Å². The Bertz CT molecular complexity index is 2990. The van der Waals surface area contributed by atoms with Gasteiger partial charge in [0.1, 0.15) is 0 Å². The molecule has 0 spiro atoms. The van der Waals surface area contributed by atoms with Gasteiger partial charge < -0.3 is 9.97 Å². The number of fused-ring (bicyclic) bond motifs is 10. The SMILES string of the molecule is CC.O=[N+]([O-])c1ccccc1-c1ccc2ccsc2c1.c1ccc2c(c1)[nH]c1c2ccc2ccsc21.c1ccc2c(c1)[nH]c1cc3ccsc3cc12. The number of hydrogen-bond acceptors (Lipinski definition) is 5. The molecule has 0 aliphatic carbocycles. The number of nitrogens with zero attached hydrogens (tertiary/aromatic N) is 1. The van der Waals surface area contributed by atoms with Gasteiger partial charge in [-0.05, 0) is 92.5 Å². The topological polar surface area (TPSA) is 74.7 Å². The molecule has 0 atom stereocenters. The van der Waals surface area contributed by atoms with Crippen molar-refractivity contribution in [3.05, 3.63) is 160 Å². The van der Waals surface area contributed by atoms with Gasteiger partial charge in [-0.15, -0.1) is 34.0 Å². The summed E-state index contributed by atoms with van der Waals surface area (Å²) in [5.41, 5.74) is 6.64. The predicted molar refractivity (Wildman–Crippen MR) is 228 cm³/mol. The number of thiophene rings is 3. The van der Waals surface area contributed by atoms with E-state index in [-0.39, 0.29) is 10.6 Å². The van der Waals surface area contributed by atoms with Crippen LogP contribution in [0.2, 0.25) is 0 Å². The molecule has 0 amide bonds.